The lowest BCUT2D eigenvalue weighted by atomic mass is 10.2. The summed E-state index contributed by atoms with van der Waals surface area (Å²) < 4.78 is 2.06. The maximum Gasteiger partial charge on any atom is 0.229 e. The van der Waals surface area contributed by atoms with E-state index >= 15 is 0 Å². The van der Waals surface area contributed by atoms with E-state index in [1.54, 1.807) is 12.1 Å². The van der Waals surface area contributed by atoms with Crippen LogP contribution in [0.2, 0.25) is 0 Å². The van der Waals surface area contributed by atoms with Gasteiger partial charge in [0.2, 0.25) is 5.95 Å². The molecule has 2 aromatic carbocycles. The topological polar surface area (TPSA) is 93.8 Å². The molecule has 186 valence electrons. The minimum Gasteiger partial charge on any atom is -0.508 e. The van der Waals surface area contributed by atoms with Gasteiger partial charge in [0.1, 0.15) is 5.75 Å². The number of imidazole rings is 1. The Hall–Kier alpha value is -3.85. The second-order valence-electron chi connectivity index (χ2n) is 9.55. The number of aromatic nitrogens is 4. The molecule has 2 aliphatic heterocycles. The lowest BCUT2D eigenvalue weighted by Gasteiger charge is -2.36. The number of rotatable bonds is 6. The first kappa shape index (κ1) is 22.6. The zero-order valence-electron chi connectivity index (χ0n) is 20.5. The van der Waals surface area contributed by atoms with E-state index in [-0.39, 0.29) is 18.4 Å². The van der Waals surface area contributed by atoms with Crippen LogP contribution in [0.3, 0.4) is 0 Å². The van der Waals surface area contributed by atoms with Gasteiger partial charge in [-0.05, 0) is 55.7 Å². The molecule has 1 atom stereocenters. The number of nitrogens with zero attached hydrogens (tertiary/aromatic N) is 7. The fourth-order valence-electron chi connectivity index (χ4n) is 5.25. The quantitative estimate of drug-likeness (QED) is 0.429. The molecule has 1 fully saturated rings. The molecule has 0 unspecified atom stereocenters. The number of aromatic hydroxyl groups is 1. The molecule has 1 saturated heterocycles. The van der Waals surface area contributed by atoms with Crippen LogP contribution in [0.5, 0.6) is 5.75 Å². The maximum atomic E-state index is 9.62. The fraction of sp³-hybridized carbons (Fsp3) is 0.370. The summed E-state index contributed by atoms with van der Waals surface area (Å²) in [5.74, 6) is 1.84. The van der Waals surface area contributed by atoms with Crippen LogP contribution in [-0.4, -0.2) is 69.1 Å². The van der Waals surface area contributed by atoms with Crippen LogP contribution in [0, 0.1) is 0 Å². The third-order valence-corrected chi connectivity index (χ3v) is 7.33. The molecule has 36 heavy (non-hydrogen) atoms. The molecule has 0 bridgehead atoms. The Morgan fingerprint density at radius 2 is 1.67 bits per heavy atom. The molecule has 4 heterocycles. The molecular weight excluding hydrogens is 454 g/mol. The van der Waals surface area contributed by atoms with E-state index in [0.29, 0.717) is 12.4 Å². The van der Waals surface area contributed by atoms with Crippen molar-refractivity contribution in [2.24, 2.45) is 0 Å². The summed E-state index contributed by atoms with van der Waals surface area (Å²) in [5.41, 5.74) is 5.21. The van der Waals surface area contributed by atoms with Gasteiger partial charge in [0.05, 0.1) is 6.33 Å². The maximum absolute atomic E-state index is 9.62. The first-order chi connectivity index (χ1) is 17.6. The van der Waals surface area contributed by atoms with Gasteiger partial charge in [-0.1, -0.05) is 18.2 Å². The van der Waals surface area contributed by atoms with Crippen LogP contribution in [0.15, 0.2) is 54.9 Å². The minimum absolute atomic E-state index is 0.0767. The average molecular weight is 486 g/mol. The highest BCUT2D eigenvalue weighted by molar-refractivity contribution is 5.89. The number of hydrogen-bond donors (Lipinski definition) is 2. The van der Waals surface area contributed by atoms with E-state index in [0.717, 1.165) is 61.8 Å². The summed E-state index contributed by atoms with van der Waals surface area (Å²) in [5, 5.41) is 19.2. The number of phenolic OH excluding ortho intramolecular Hbond substituents is 1. The smallest absolute Gasteiger partial charge is 0.229 e. The monoisotopic (exact) mass is 485 g/mol. The number of para-hydroxylation sites is 1. The van der Waals surface area contributed by atoms with Crippen LogP contribution in [0.4, 0.5) is 23.1 Å². The van der Waals surface area contributed by atoms with Gasteiger partial charge < -0.3 is 29.5 Å². The van der Waals surface area contributed by atoms with E-state index in [9.17, 15) is 10.2 Å². The molecule has 0 spiro atoms. The highest BCUT2D eigenvalue weighted by Crippen LogP contribution is 2.37. The van der Waals surface area contributed by atoms with Crippen molar-refractivity contribution in [1.29, 1.82) is 0 Å². The lowest BCUT2D eigenvalue weighted by Crippen LogP contribution is -2.47. The van der Waals surface area contributed by atoms with Crippen LogP contribution >= 0.6 is 0 Å². The summed E-state index contributed by atoms with van der Waals surface area (Å²) >= 11 is 0. The summed E-state index contributed by atoms with van der Waals surface area (Å²) in [6.45, 7) is 6.33. The largest absolute Gasteiger partial charge is 0.508 e. The third kappa shape index (κ3) is 3.99. The number of phenols is 1. The third-order valence-electron chi connectivity index (χ3n) is 7.33. The van der Waals surface area contributed by atoms with Crippen molar-refractivity contribution < 1.29 is 10.2 Å². The van der Waals surface area contributed by atoms with Crippen molar-refractivity contribution in [2.45, 2.75) is 25.8 Å². The molecule has 9 heteroatoms. The Bertz CT molecular complexity index is 1360. The van der Waals surface area contributed by atoms with E-state index in [4.69, 9.17) is 15.0 Å². The van der Waals surface area contributed by atoms with E-state index in [1.165, 1.54) is 11.3 Å². The molecule has 6 rings (SSSR count). The van der Waals surface area contributed by atoms with E-state index in [2.05, 4.69) is 50.5 Å². The van der Waals surface area contributed by atoms with Gasteiger partial charge in [0.25, 0.3) is 0 Å². The van der Waals surface area contributed by atoms with Crippen molar-refractivity contribution in [3.8, 4) is 5.75 Å². The molecule has 2 N–H and O–H groups in total. The van der Waals surface area contributed by atoms with Gasteiger partial charge in [-0.15, -0.1) is 0 Å². The molecule has 0 saturated carbocycles. The fourth-order valence-corrected chi connectivity index (χ4v) is 5.25. The van der Waals surface area contributed by atoms with Crippen LogP contribution in [0.25, 0.3) is 11.2 Å². The zero-order valence-corrected chi connectivity index (χ0v) is 20.5. The van der Waals surface area contributed by atoms with Crippen LogP contribution < -0.4 is 14.7 Å². The van der Waals surface area contributed by atoms with Gasteiger partial charge in [0.15, 0.2) is 17.0 Å². The van der Waals surface area contributed by atoms with Gasteiger partial charge >= 0.3 is 0 Å². The first-order valence-electron chi connectivity index (χ1n) is 12.6. The SMILES string of the molecule is C[C@@H](CCO)n1cnc2c(N3CCc4ccccc43)nc(N3CCN(c4ccc(O)cc4)CC3)nc21. The first-order valence-corrected chi connectivity index (χ1v) is 12.6. The van der Waals surface area contributed by atoms with Gasteiger partial charge in [-0.25, -0.2) is 4.98 Å². The number of aliphatic hydroxyl groups is 1. The molecule has 9 nitrogen and oxygen atoms in total. The van der Waals surface area contributed by atoms with Gasteiger partial charge in [-0.2, -0.15) is 9.97 Å². The Kier molecular flexibility index (Phi) is 5.85. The molecule has 2 aromatic heterocycles. The van der Waals surface area contributed by atoms with Crippen molar-refractivity contribution in [1.82, 2.24) is 19.5 Å². The number of anilines is 4. The Morgan fingerprint density at radius 3 is 2.44 bits per heavy atom. The van der Waals surface area contributed by atoms with Crippen LogP contribution in [-0.2, 0) is 6.42 Å². The standard InChI is InChI=1S/C27H31N7O2/c1-19(11-17-35)34-18-28-24-25(33-12-10-20-4-2-3-5-23(20)33)29-27(30-26(24)34)32-15-13-31(14-16-32)21-6-8-22(36)9-7-21/h2-9,18-19,35-36H,10-17H2,1H3/t19-/m0/s1. The average Bonchev–Trinajstić information content (AvgIpc) is 3.54. The minimum atomic E-state index is 0.0767. The second-order valence-corrected chi connectivity index (χ2v) is 9.55. The van der Waals surface area contributed by atoms with Gasteiger partial charge in [0, 0.05) is 56.7 Å². The molecule has 2 aliphatic rings. The highest BCUT2D eigenvalue weighted by atomic mass is 16.3. The predicted molar refractivity (Wildman–Crippen MR) is 141 cm³/mol. The summed E-state index contributed by atoms with van der Waals surface area (Å²) in [6, 6.07) is 15.9. The Labute approximate surface area is 210 Å². The van der Waals surface area contributed by atoms with E-state index in [1.807, 2.05) is 18.5 Å². The zero-order chi connectivity index (χ0) is 24.6. The highest BCUT2D eigenvalue weighted by Gasteiger charge is 2.28. The molecule has 4 aromatic rings. The predicted octanol–water partition coefficient (Wildman–Crippen LogP) is 3.50. The summed E-state index contributed by atoms with van der Waals surface area (Å²) in [6.07, 6.45) is 3.44. The Morgan fingerprint density at radius 1 is 0.917 bits per heavy atom. The van der Waals surface area contributed by atoms with Gasteiger partial charge in [-0.3, -0.25) is 0 Å². The van der Waals surface area contributed by atoms with Crippen molar-refractivity contribution >= 4 is 34.3 Å². The Balaban J connectivity index is 1.36. The number of aliphatic hydroxyl groups excluding tert-OH is 1. The number of benzene rings is 2. The van der Waals surface area contributed by atoms with E-state index < -0.39 is 0 Å². The summed E-state index contributed by atoms with van der Waals surface area (Å²) in [4.78, 5) is 21.7. The summed E-state index contributed by atoms with van der Waals surface area (Å²) in [7, 11) is 0. The lowest BCUT2D eigenvalue weighted by molar-refractivity contribution is 0.264. The van der Waals surface area contributed by atoms with Crippen molar-refractivity contribution in [2.75, 3.05) is 54.0 Å². The van der Waals surface area contributed by atoms with Crippen molar-refractivity contribution in [3.63, 3.8) is 0 Å². The number of piperazine rings is 1. The number of hydrogen-bond acceptors (Lipinski definition) is 8. The molecule has 0 radical (unpaired) electrons. The van der Waals surface area contributed by atoms with Crippen molar-refractivity contribution in [3.05, 3.63) is 60.4 Å². The molecule has 0 aliphatic carbocycles. The number of fused-ring (bicyclic) bond motifs is 2. The molecule has 0 amide bonds. The normalized spacial score (nSPS) is 16.6. The molecular formula is C27H31N7O2. The second kappa shape index (κ2) is 9.31. The van der Waals surface area contributed by atoms with Crippen LogP contribution in [0.1, 0.15) is 24.9 Å².